The maximum Gasteiger partial charge on any atom is 0.338 e. The van der Waals surface area contributed by atoms with E-state index < -0.39 is 17.8 Å². The quantitative estimate of drug-likeness (QED) is 0.314. The number of benzene rings is 1. The molecular formula is C20H16N4O6S. The number of methoxy groups -OCH3 is 2. The topological polar surface area (TPSA) is 129 Å². The fraction of sp³-hybridized carbons (Fsp3) is 0.100. The van der Waals surface area contributed by atoms with Gasteiger partial charge in [-0.05, 0) is 47.7 Å². The lowest BCUT2D eigenvalue weighted by Crippen LogP contribution is -2.19. The first-order valence-electron chi connectivity index (χ1n) is 8.70. The number of ether oxygens (including phenoxy) is 3. The summed E-state index contributed by atoms with van der Waals surface area (Å²) in [5, 5.41) is 10.6. The number of esters is 2. The van der Waals surface area contributed by atoms with Crippen molar-refractivity contribution in [2.75, 3.05) is 14.2 Å². The summed E-state index contributed by atoms with van der Waals surface area (Å²) in [5.41, 5.74) is 1.06. The van der Waals surface area contributed by atoms with Crippen molar-refractivity contribution < 1.29 is 28.6 Å². The Morgan fingerprint density at radius 2 is 1.90 bits per heavy atom. The number of hydrogen-bond donors (Lipinski definition) is 1. The summed E-state index contributed by atoms with van der Waals surface area (Å²) in [7, 11) is 2.52. The molecule has 11 heteroatoms. The van der Waals surface area contributed by atoms with Crippen LogP contribution in [0.15, 0.2) is 63.8 Å². The molecule has 3 rings (SSSR count). The van der Waals surface area contributed by atoms with Crippen LogP contribution >= 0.6 is 11.8 Å². The Hall–Kier alpha value is -3.99. The molecule has 158 valence electrons. The summed E-state index contributed by atoms with van der Waals surface area (Å²) >= 11 is 0.982. The normalized spacial score (nSPS) is 15.9. The van der Waals surface area contributed by atoms with Crippen LogP contribution in [0.25, 0.3) is 0 Å². The SMILES string of the molecule is COC(=O)/C=C1/S/C(=N\N=Cc2ccc(Oc3cc(C(=O)OC)ccn3)cc2)NC1=O. The molecule has 10 nitrogen and oxygen atoms in total. The molecule has 1 aromatic heterocycles. The Balaban J connectivity index is 1.61. The highest BCUT2D eigenvalue weighted by atomic mass is 32.2. The molecule has 2 heterocycles. The molecule has 0 saturated carbocycles. The molecule has 1 aliphatic rings. The molecule has 1 saturated heterocycles. The van der Waals surface area contributed by atoms with Crippen molar-refractivity contribution in [3.05, 3.63) is 64.7 Å². The zero-order valence-electron chi connectivity index (χ0n) is 16.4. The van der Waals surface area contributed by atoms with Gasteiger partial charge in [0, 0.05) is 18.3 Å². The van der Waals surface area contributed by atoms with E-state index in [2.05, 4.69) is 30.0 Å². The average molecular weight is 440 g/mol. The number of aromatic nitrogens is 1. The zero-order chi connectivity index (χ0) is 22.2. The predicted molar refractivity (Wildman–Crippen MR) is 113 cm³/mol. The van der Waals surface area contributed by atoms with E-state index in [-0.39, 0.29) is 16.0 Å². The Labute approximate surface area is 181 Å². The van der Waals surface area contributed by atoms with E-state index in [9.17, 15) is 14.4 Å². The van der Waals surface area contributed by atoms with E-state index >= 15 is 0 Å². The Morgan fingerprint density at radius 3 is 2.61 bits per heavy atom. The number of pyridine rings is 1. The van der Waals surface area contributed by atoms with Crippen LogP contribution in [0, 0.1) is 0 Å². The van der Waals surface area contributed by atoms with Crippen molar-refractivity contribution in [3.8, 4) is 11.6 Å². The van der Waals surface area contributed by atoms with Gasteiger partial charge in [-0.25, -0.2) is 14.6 Å². The second-order valence-corrected chi connectivity index (χ2v) is 6.81. The van der Waals surface area contributed by atoms with E-state index in [1.807, 2.05) is 0 Å². The van der Waals surface area contributed by atoms with Gasteiger partial charge in [0.05, 0.1) is 30.9 Å². The molecule has 0 bridgehead atoms. The summed E-state index contributed by atoms with van der Waals surface area (Å²) in [6, 6.07) is 9.89. The largest absolute Gasteiger partial charge is 0.466 e. The average Bonchev–Trinajstić information content (AvgIpc) is 3.13. The second kappa shape index (κ2) is 10.2. The second-order valence-electron chi connectivity index (χ2n) is 5.78. The van der Waals surface area contributed by atoms with Gasteiger partial charge >= 0.3 is 11.9 Å². The molecule has 0 unspecified atom stereocenters. The van der Waals surface area contributed by atoms with Crippen LogP contribution in [0.5, 0.6) is 11.6 Å². The van der Waals surface area contributed by atoms with Crippen LogP contribution in [0.1, 0.15) is 15.9 Å². The number of thioether (sulfide) groups is 1. The summed E-state index contributed by atoms with van der Waals surface area (Å²) in [6.07, 6.45) is 4.02. The fourth-order valence-corrected chi connectivity index (χ4v) is 2.98. The van der Waals surface area contributed by atoms with Gasteiger partial charge in [0.1, 0.15) is 5.75 Å². The third-order valence-corrected chi connectivity index (χ3v) is 4.62. The third kappa shape index (κ3) is 6.00. The molecule has 0 radical (unpaired) electrons. The van der Waals surface area contributed by atoms with Crippen LogP contribution in [0.2, 0.25) is 0 Å². The molecule has 0 atom stereocenters. The number of amidine groups is 1. The number of nitrogens with zero attached hydrogens (tertiary/aromatic N) is 3. The van der Waals surface area contributed by atoms with E-state index in [1.165, 1.54) is 38.8 Å². The first kappa shape index (κ1) is 21.7. The zero-order valence-corrected chi connectivity index (χ0v) is 17.2. The number of amides is 1. The van der Waals surface area contributed by atoms with Crippen molar-refractivity contribution in [1.82, 2.24) is 10.3 Å². The molecule has 1 aromatic carbocycles. The molecule has 1 amide bonds. The standard InChI is InChI=1S/C20H16N4O6S/c1-28-17(25)10-15-18(26)23-20(31-15)24-22-11-12-3-5-14(6-4-12)30-16-9-13(7-8-21-16)19(27)29-2/h3-11H,1-2H3,(H,23,24,26)/b15-10+,22-11?. The minimum Gasteiger partial charge on any atom is -0.466 e. The van der Waals surface area contributed by atoms with Crippen molar-refractivity contribution in [1.29, 1.82) is 0 Å². The number of rotatable bonds is 6. The summed E-state index contributed by atoms with van der Waals surface area (Å²) in [4.78, 5) is 38.8. The van der Waals surface area contributed by atoms with Gasteiger partial charge in [0.15, 0.2) is 5.17 Å². The lowest BCUT2D eigenvalue weighted by atomic mass is 10.2. The van der Waals surface area contributed by atoms with E-state index in [4.69, 9.17) is 4.74 Å². The summed E-state index contributed by atoms with van der Waals surface area (Å²) in [6.45, 7) is 0. The van der Waals surface area contributed by atoms with Crippen LogP contribution < -0.4 is 10.1 Å². The van der Waals surface area contributed by atoms with Crippen LogP contribution in [-0.4, -0.2) is 48.4 Å². The molecule has 1 fully saturated rings. The van der Waals surface area contributed by atoms with Gasteiger partial charge in [-0.3, -0.25) is 10.1 Å². The lowest BCUT2D eigenvalue weighted by Gasteiger charge is -2.06. The minimum atomic E-state index is -0.628. The molecule has 1 aliphatic heterocycles. The van der Waals surface area contributed by atoms with Gasteiger partial charge < -0.3 is 14.2 Å². The first-order chi connectivity index (χ1) is 15.0. The number of hydrogen-bond acceptors (Lipinski definition) is 10. The van der Waals surface area contributed by atoms with Crippen LogP contribution in [0.4, 0.5) is 0 Å². The monoisotopic (exact) mass is 440 g/mol. The predicted octanol–water partition coefficient (Wildman–Crippen LogP) is 2.27. The highest BCUT2D eigenvalue weighted by molar-refractivity contribution is 8.18. The number of carbonyl (C=O) groups excluding carboxylic acids is 3. The third-order valence-electron chi connectivity index (χ3n) is 3.71. The fourth-order valence-electron chi connectivity index (χ4n) is 2.24. The van der Waals surface area contributed by atoms with Crippen molar-refractivity contribution in [3.63, 3.8) is 0 Å². The highest BCUT2D eigenvalue weighted by Crippen LogP contribution is 2.23. The van der Waals surface area contributed by atoms with Gasteiger partial charge in [0.2, 0.25) is 5.88 Å². The van der Waals surface area contributed by atoms with E-state index in [0.29, 0.717) is 11.3 Å². The maximum absolute atomic E-state index is 11.7. The molecule has 1 N–H and O–H groups in total. The summed E-state index contributed by atoms with van der Waals surface area (Å²) in [5.74, 6) is -0.799. The molecule has 0 spiro atoms. The lowest BCUT2D eigenvalue weighted by molar-refractivity contribution is -0.135. The van der Waals surface area contributed by atoms with Crippen LogP contribution in [0.3, 0.4) is 0 Å². The first-order valence-corrected chi connectivity index (χ1v) is 9.52. The van der Waals surface area contributed by atoms with Gasteiger partial charge in [-0.2, -0.15) is 5.10 Å². The van der Waals surface area contributed by atoms with Crippen LogP contribution in [-0.2, 0) is 19.1 Å². The van der Waals surface area contributed by atoms with E-state index in [0.717, 1.165) is 23.4 Å². The maximum atomic E-state index is 11.7. The number of carbonyl (C=O) groups is 3. The Kier molecular flexibility index (Phi) is 7.12. The highest BCUT2D eigenvalue weighted by Gasteiger charge is 2.24. The Bertz CT molecular complexity index is 1100. The number of nitrogens with one attached hydrogen (secondary N) is 1. The smallest absolute Gasteiger partial charge is 0.338 e. The van der Waals surface area contributed by atoms with Gasteiger partial charge in [-0.15, -0.1) is 5.10 Å². The van der Waals surface area contributed by atoms with Gasteiger partial charge in [0.25, 0.3) is 5.91 Å². The molecular weight excluding hydrogens is 424 g/mol. The molecule has 0 aliphatic carbocycles. The molecule has 31 heavy (non-hydrogen) atoms. The summed E-state index contributed by atoms with van der Waals surface area (Å²) < 4.78 is 14.8. The van der Waals surface area contributed by atoms with Gasteiger partial charge in [-0.1, -0.05) is 0 Å². The van der Waals surface area contributed by atoms with Crippen molar-refractivity contribution >= 4 is 41.0 Å². The van der Waals surface area contributed by atoms with E-state index in [1.54, 1.807) is 24.3 Å². The van der Waals surface area contributed by atoms with Crippen molar-refractivity contribution in [2.45, 2.75) is 0 Å². The minimum absolute atomic E-state index is 0.173. The Morgan fingerprint density at radius 1 is 1.13 bits per heavy atom. The molecule has 2 aromatic rings. The van der Waals surface area contributed by atoms with Crippen molar-refractivity contribution in [2.24, 2.45) is 10.2 Å².